The molecule has 8 aromatic carbocycles. The van der Waals surface area contributed by atoms with Crippen LogP contribution in [-0.2, 0) is 0 Å². The van der Waals surface area contributed by atoms with Crippen LogP contribution in [0.4, 0.5) is 0 Å². The molecule has 5 heteroatoms. The van der Waals surface area contributed by atoms with Gasteiger partial charge in [-0.25, -0.2) is 0 Å². The summed E-state index contributed by atoms with van der Waals surface area (Å²) in [6, 6.07) is 92.0. The first kappa shape index (κ1) is 39.9. The molecule has 8 rings (SSSR count). The smallest absolute Gasteiger partial charge is 0.134 e. The van der Waals surface area contributed by atoms with Gasteiger partial charge in [0.2, 0.25) is 0 Å². The molecule has 0 nitrogen and oxygen atoms in total. The Morgan fingerprint density at radius 2 is 0.554 bits per heavy atom. The summed E-state index contributed by atoms with van der Waals surface area (Å²) in [5, 5.41) is 8.87. The second-order valence-electron chi connectivity index (χ2n) is 14.2. The van der Waals surface area contributed by atoms with Crippen molar-refractivity contribution in [1.82, 2.24) is 0 Å². The van der Waals surface area contributed by atoms with Crippen LogP contribution in [-0.4, -0.2) is 39.8 Å². The van der Waals surface area contributed by atoms with Gasteiger partial charge in [-0.15, -0.1) is 0 Å². The molecule has 0 aliphatic heterocycles. The van der Waals surface area contributed by atoms with Gasteiger partial charge >= 0.3 is 101 Å². The van der Waals surface area contributed by atoms with E-state index in [0.29, 0.717) is 0 Å². The van der Waals surface area contributed by atoms with Crippen molar-refractivity contribution >= 4 is 89.2 Å². The molecule has 0 heterocycles. The zero-order valence-corrected chi connectivity index (χ0v) is 36.7. The van der Waals surface area contributed by atoms with E-state index in [-0.39, 0.29) is 7.92 Å². The van der Waals surface area contributed by atoms with Crippen molar-refractivity contribution in [2.75, 3.05) is 17.1 Å². The van der Waals surface area contributed by atoms with Crippen molar-refractivity contribution in [3.05, 3.63) is 243 Å². The molecule has 8 aromatic rings. The van der Waals surface area contributed by atoms with E-state index >= 15 is 0 Å². The third-order valence-corrected chi connectivity index (χ3v) is 21.2. The first-order valence-corrected chi connectivity index (χ1v) is 25.9. The Morgan fingerprint density at radius 3 is 0.804 bits per heavy atom. The summed E-state index contributed by atoms with van der Waals surface area (Å²) < 4.78 is 0. The minimum Gasteiger partial charge on any atom is -0.197 e. The van der Waals surface area contributed by atoms with E-state index < -0.39 is 22.0 Å². The monoisotopic (exact) mass is 838 g/mol. The van der Waals surface area contributed by atoms with Gasteiger partial charge in [0.25, 0.3) is 0 Å². The molecular formula is C51H48BGeP3+. The minimum atomic E-state index is -1.13. The van der Waals surface area contributed by atoms with Crippen molar-refractivity contribution in [2.45, 2.75) is 0 Å². The quantitative estimate of drug-likeness (QED) is 0.0811. The molecule has 56 heavy (non-hydrogen) atoms. The number of hydrogen-bond acceptors (Lipinski definition) is 0. The Bertz CT molecular complexity index is 2040. The van der Waals surface area contributed by atoms with E-state index in [2.05, 4.69) is 259 Å². The van der Waals surface area contributed by atoms with Crippen LogP contribution < -0.4 is 42.8 Å². The topological polar surface area (TPSA) is 0 Å². The number of hydrogen-bond donors (Lipinski definition) is 0. The standard InChI is InChI=1S/C38H34BP2.C13H12GeP/c1-7-19-33(20-8-1)39(34-21-9-2-10-22-34,31-40(35-23-11-3-12-24-35)36-25-13-4-14-26-36)32-41(37-27-15-5-16-28-37)38-29-17-6-18-30-38;14-11-15(12-7-3-1-4-8-12)13-9-5-2-6-10-13/h1-30H,31-32H2;1-10H,11H2/q-1;/p+2. The second-order valence-corrected chi connectivity index (χ2v) is 23.4. The molecule has 0 aromatic heterocycles. The van der Waals surface area contributed by atoms with Crippen molar-refractivity contribution in [1.29, 1.82) is 0 Å². The zero-order valence-electron chi connectivity index (χ0n) is 31.7. The molecular weight excluding hydrogens is 789 g/mol. The fourth-order valence-corrected chi connectivity index (χ4v) is 18.9. The zero-order chi connectivity index (χ0) is 38.3. The fraction of sp³-hybridized carbons (Fsp3) is 0.0588. The number of rotatable bonds is 13. The molecule has 0 fully saturated rings. The van der Waals surface area contributed by atoms with Crippen LogP contribution >= 0.6 is 23.8 Å². The third-order valence-electron chi connectivity index (χ3n) is 10.8. The predicted octanol–water partition coefficient (Wildman–Crippen LogP) is 8.30. The first-order valence-electron chi connectivity index (χ1n) is 19.5. The van der Waals surface area contributed by atoms with Gasteiger partial charge in [-0.1, -0.05) is 133 Å². The van der Waals surface area contributed by atoms with Crippen molar-refractivity contribution in [3.63, 3.8) is 0 Å². The van der Waals surface area contributed by atoms with E-state index in [9.17, 15) is 0 Å². The molecule has 0 atom stereocenters. The third kappa shape index (κ3) is 10.1. The molecule has 0 bridgehead atoms. The second kappa shape index (κ2) is 20.7. The molecule has 0 saturated carbocycles. The van der Waals surface area contributed by atoms with Crippen LogP contribution in [0.15, 0.2) is 243 Å². The largest absolute Gasteiger partial charge is 0.197 e. The Hall–Kier alpha value is -4.34. The van der Waals surface area contributed by atoms with Crippen LogP contribution in [0, 0.1) is 0 Å². The molecule has 0 N–H and O–H groups in total. The molecule has 0 saturated heterocycles. The maximum atomic E-state index is 2.40. The van der Waals surface area contributed by atoms with Gasteiger partial charge in [0, 0.05) is 15.8 Å². The average molecular weight is 837 g/mol. The summed E-state index contributed by atoms with van der Waals surface area (Å²) >= 11 is 2.27. The van der Waals surface area contributed by atoms with E-state index in [1.54, 1.807) is 0 Å². The minimum absolute atomic E-state index is 0.149. The molecule has 0 amide bonds. The maximum absolute atomic E-state index is 2.40. The predicted molar refractivity (Wildman–Crippen MR) is 258 cm³/mol. The number of benzene rings is 8. The summed E-state index contributed by atoms with van der Waals surface area (Å²) in [7, 11) is -2.38. The first-order chi connectivity index (χ1) is 27.7. The summed E-state index contributed by atoms with van der Waals surface area (Å²) in [4.78, 5) is 1.21. The Kier molecular flexibility index (Phi) is 14.7. The summed E-state index contributed by atoms with van der Waals surface area (Å²) in [5.41, 5.74) is 2.95. The van der Waals surface area contributed by atoms with Crippen LogP contribution in [0.5, 0.6) is 0 Å². The fourth-order valence-electron chi connectivity index (χ4n) is 7.99. The van der Waals surface area contributed by atoms with Crippen LogP contribution in [0.25, 0.3) is 0 Å². The van der Waals surface area contributed by atoms with Crippen LogP contribution in [0.2, 0.25) is 0 Å². The Morgan fingerprint density at radius 1 is 0.321 bits per heavy atom. The van der Waals surface area contributed by atoms with Gasteiger partial charge in [-0.3, -0.25) is 0 Å². The van der Waals surface area contributed by atoms with Crippen molar-refractivity contribution in [2.24, 2.45) is 0 Å². The molecule has 273 valence electrons. The van der Waals surface area contributed by atoms with E-state index in [0.717, 1.165) is 12.1 Å². The summed E-state index contributed by atoms with van der Waals surface area (Å²) in [6.45, 7) is 0. The van der Waals surface area contributed by atoms with Gasteiger partial charge in [-0.2, -0.15) is 10.9 Å². The van der Waals surface area contributed by atoms with E-state index in [1.807, 2.05) is 0 Å². The SMILES string of the molecule is [Ge][CH2]P(c1ccccc1)c1ccccc1.c1ccc([PH+](C[B-](C[PH+](c2ccccc2)c2ccccc2)(c2ccccc2)c2ccccc2)c2ccccc2)cc1. The molecule has 0 aliphatic carbocycles. The van der Waals surface area contributed by atoms with Gasteiger partial charge in [0.05, 0.1) is 21.2 Å². The van der Waals surface area contributed by atoms with Crippen LogP contribution in [0.1, 0.15) is 0 Å². The van der Waals surface area contributed by atoms with E-state index in [4.69, 9.17) is 0 Å². The van der Waals surface area contributed by atoms with E-state index in [1.165, 1.54) is 47.7 Å². The summed E-state index contributed by atoms with van der Waals surface area (Å²) in [6.07, 6.45) is -1.13. The van der Waals surface area contributed by atoms with Gasteiger partial charge in [0.15, 0.2) is 0 Å². The molecule has 0 aliphatic rings. The average Bonchev–Trinajstić information content (AvgIpc) is 3.30. The summed E-state index contributed by atoms with van der Waals surface area (Å²) in [5.74, 6) is 0. The molecule has 3 radical (unpaired) electrons. The Balaban J connectivity index is 0.000000268. The van der Waals surface area contributed by atoms with Crippen molar-refractivity contribution in [3.8, 4) is 0 Å². The molecule has 0 spiro atoms. The van der Waals surface area contributed by atoms with Gasteiger partial charge in [-0.05, 0) is 60.7 Å². The molecule has 0 unspecified atom stereocenters. The maximum Gasteiger partial charge on any atom is 0.134 e. The normalized spacial score (nSPS) is 11.3. The van der Waals surface area contributed by atoms with Crippen molar-refractivity contribution < 1.29 is 0 Å². The van der Waals surface area contributed by atoms with Crippen LogP contribution in [0.3, 0.4) is 0 Å². The van der Waals surface area contributed by atoms with Gasteiger partial charge in [0.1, 0.15) is 6.15 Å². The van der Waals surface area contributed by atoms with Gasteiger partial charge < -0.3 is 0 Å². The Labute approximate surface area is 346 Å².